The van der Waals surface area contributed by atoms with Crippen LogP contribution in [0.1, 0.15) is 52.4 Å². The largest absolute Gasteiger partial charge is 0.399 e. The molecule has 0 unspecified atom stereocenters. The summed E-state index contributed by atoms with van der Waals surface area (Å²) in [5.74, 6) is 0. The van der Waals surface area contributed by atoms with Crippen molar-refractivity contribution in [1.29, 1.82) is 0 Å². The molecule has 4 N–H and O–H groups in total. The van der Waals surface area contributed by atoms with Crippen molar-refractivity contribution in [3.63, 3.8) is 0 Å². The van der Waals surface area contributed by atoms with Crippen LogP contribution in [0.3, 0.4) is 0 Å². The lowest BCUT2D eigenvalue weighted by atomic mass is 10.1. The van der Waals surface area contributed by atoms with Gasteiger partial charge in [-0.25, -0.2) is 13.6 Å². The topological polar surface area (TPSA) is 86.2 Å². The average molecular weight is 286 g/mol. The molecule has 0 amide bonds. The van der Waals surface area contributed by atoms with Gasteiger partial charge in [-0.15, -0.1) is 0 Å². The zero-order valence-electron chi connectivity index (χ0n) is 11.9. The molecule has 4 nitrogen and oxygen atoms in total. The number of anilines is 1. The van der Waals surface area contributed by atoms with E-state index in [1.807, 2.05) is 0 Å². The Morgan fingerprint density at radius 3 is 1.63 bits per heavy atom. The van der Waals surface area contributed by atoms with Gasteiger partial charge in [-0.1, -0.05) is 52.4 Å². The minimum atomic E-state index is -3.58. The van der Waals surface area contributed by atoms with E-state index >= 15 is 0 Å². The smallest absolute Gasteiger partial charge is 0.238 e. The third kappa shape index (κ3) is 9.50. The molecule has 19 heavy (non-hydrogen) atoms. The first-order valence-electron chi connectivity index (χ1n) is 6.80. The summed E-state index contributed by atoms with van der Waals surface area (Å²) in [6, 6.07) is 5.70. The molecule has 0 aliphatic carbocycles. The van der Waals surface area contributed by atoms with Crippen LogP contribution in [0.2, 0.25) is 0 Å². The Kier molecular flexibility index (Phi) is 9.26. The normalized spacial score (nSPS) is 10.7. The number of benzene rings is 1. The summed E-state index contributed by atoms with van der Waals surface area (Å²) >= 11 is 0. The first-order valence-corrected chi connectivity index (χ1v) is 8.34. The second-order valence-corrected chi connectivity index (χ2v) is 6.09. The standard InChI is InChI=1S/C8H18.C6H8N2O2S/c1-3-5-7-8-6-4-2;7-5-1-3-6(4-2-5)11(8,9)10/h3-8H2,1-2H3;1-4H,7H2,(H2,8,9,10). The van der Waals surface area contributed by atoms with Crippen LogP contribution in [-0.2, 0) is 10.0 Å². The molecule has 0 aliphatic heterocycles. The van der Waals surface area contributed by atoms with Crippen molar-refractivity contribution in [2.45, 2.75) is 57.3 Å². The maximum absolute atomic E-state index is 10.7. The van der Waals surface area contributed by atoms with Gasteiger partial charge < -0.3 is 5.73 Å². The number of nitrogens with two attached hydrogens (primary N) is 2. The van der Waals surface area contributed by atoms with E-state index in [1.54, 1.807) is 0 Å². The summed E-state index contributed by atoms with van der Waals surface area (Å²) < 4.78 is 21.4. The number of sulfonamides is 1. The summed E-state index contributed by atoms with van der Waals surface area (Å²) in [4.78, 5) is 0.0756. The second kappa shape index (κ2) is 9.81. The van der Waals surface area contributed by atoms with Crippen molar-refractivity contribution in [2.75, 3.05) is 5.73 Å². The Morgan fingerprint density at radius 2 is 1.32 bits per heavy atom. The molecule has 0 heterocycles. The second-order valence-electron chi connectivity index (χ2n) is 4.53. The minimum absolute atomic E-state index is 0.0756. The van der Waals surface area contributed by atoms with Gasteiger partial charge in [-0.2, -0.15) is 0 Å². The zero-order chi connectivity index (χ0) is 14.7. The molecule has 0 spiro atoms. The first kappa shape index (κ1) is 17.9. The molecule has 1 aromatic carbocycles. The molecule has 0 aromatic heterocycles. The highest BCUT2D eigenvalue weighted by atomic mass is 32.2. The number of primary sulfonamides is 1. The Hall–Kier alpha value is -1.07. The summed E-state index contributed by atoms with van der Waals surface area (Å²) in [6.07, 6.45) is 8.49. The molecule has 5 heteroatoms. The third-order valence-electron chi connectivity index (χ3n) is 2.67. The molecular weight excluding hydrogens is 260 g/mol. The molecule has 0 bridgehead atoms. The molecule has 110 valence electrons. The molecule has 1 aromatic rings. The van der Waals surface area contributed by atoms with Crippen LogP contribution < -0.4 is 10.9 Å². The van der Waals surface area contributed by atoms with Crippen molar-refractivity contribution in [3.05, 3.63) is 24.3 Å². The van der Waals surface area contributed by atoms with Gasteiger partial charge >= 0.3 is 0 Å². The predicted molar refractivity (Wildman–Crippen MR) is 81.3 cm³/mol. The van der Waals surface area contributed by atoms with Gasteiger partial charge in [0.05, 0.1) is 4.90 Å². The average Bonchev–Trinajstić information content (AvgIpc) is 2.35. The van der Waals surface area contributed by atoms with Crippen LogP contribution in [0, 0.1) is 0 Å². The van der Waals surface area contributed by atoms with Crippen LogP contribution in [0.5, 0.6) is 0 Å². The Morgan fingerprint density at radius 1 is 0.895 bits per heavy atom. The van der Waals surface area contributed by atoms with Crippen molar-refractivity contribution in [2.24, 2.45) is 5.14 Å². The molecular formula is C14H26N2O2S. The van der Waals surface area contributed by atoms with E-state index in [0.29, 0.717) is 5.69 Å². The van der Waals surface area contributed by atoms with Crippen LogP contribution in [0.15, 0.2) is 29.2 Å². The quantitative estimate of drug-likeness (QED) is 0.621. The number of nitrogen functional groups attached to an aromatic ring is 1. The summed E-state index contributed by atoms with van der Waals surface area (Å²) in [5, 5.41) is 4.84. The van der Waals surface area contributed by atoms with E-state index in [1.165, 1.54) is 62.8 Å². The molecule has 1 rings (SSSR count). The van der Waals surface area contributed by atoms with Gasteiger partial charge in [0.2, 0.25) is 10.0 Å². The van der Waals surface area contributed by atoms with E-state index in [0.717, 1.165) is 0 Å². The van der Waals surface area contributed by atoms with Crippen molar-refractivity contribution in [1.82, 2.24) is 0 Å². The lowest BCUT2D eigenvalue weighted by Crippen LogP contribution is -2.11. The summed E-state index contributed by atoms with van der Waals surface area (Å²) in [5.41, 5.74) is 5.85. The van der Waals surface area contributed by atoms with Crippen LogP contribution in [-0.4, -0.2) is 8.42 Å². The van der Waals surface area contributed by atoms with Gasteiger partial charge in [-0.05, 0) is 24.3 Å². The maximum atomic E-state index is 10.7. The highest BCUT2D eigenvalue weighted by Crippen LogP contribution is 2.08. The molecule has 0 aliphatic rings. The molecule has 0 saturated heterocycles. The molecule has 0 radical (unpaired) electrons. The fraction of sp³-hybridized carbons (Fsp3) is 0.571. The number of hydrogen-bond donors (Lipinski definition) is 2. The van der Waals surface area contributed by atoms with Crippen molar-refractivity contribution >= 4 is 15.7 Å². The van der Waals surface area contributed by atoms with Gasteiger partial charge in [-0.3, -0.25) is 0 Å². The highest BCUT2D eigenvalue weighted by Gasteiger charge is 2.04. The monoisotopic (exact) mass is 286 g/mol. The molecule has 0 saturated carbocycles. The van der Waals surface area contributed by atoms with E-state index in [2.05, 4.69) is 13.8 Å². The van der Waals surface area contributed by atoms with E-state index in [9.17, 15) is 8.42 Å². The summed E-state index contributed by atoms with van der Waals surface area (Å²) in [6.45, 7) is 4.51. The third-order valence-corrected chi connectivity index (χ3v) is 3.59. The Bertz CT molecular complexity index is 421. The zero-order valence-corrected chi connectivity index (χ0v) is 12.7. The van der Waals surface area contributed by atoms with Crippen molar-refractivity contribution < 1.29 is 8.42 Å². The Labute approximate surface area is 117 Å². The minimum Gasteiger partial charge on any atom is -0.399 e. The van der Waals surface area contributed by atoms with Gasteiger partial charge in [0.25, 0.3) is 0 Å². The summed E-state index contributed by atoms with van der Waals surface area (Å²) in [7, 11) is -3.58. The van der Waals surface area contributed by atoms with Gasteiger partial charge in [0.1, 0.15) is 0 Å². The lowest BCUT2D eigenvalue weighted by molar-refractivity contribution is 0.598. The first-order chi connectivity index (χ1) is 8.91. The Balaban J connectivity index is 0.000000362. The van der Waals surface area contributed by atoms with Crippen LogP contribution >= 0.6 is 0 Å². The van der Waals surface area contributed by atoms with Crippen LogP contribution in [0.4, 0.5) is 5.69 Å². The maximum Gasteiger partial charge on any atom is 0.238 e. The van der Waals surface area contributed by atoms with E-state index in [4.69, 9.17) is 10.9 Å². The highest BCUT2D eigenvalue weighted by molar-refractivity contribution is 7.89. The number of rotatable bonds is 6. The van der Waals surface area contributed by atoms with Gasteiger partial charge in [0.15, 0.2) is 0 Å². The van der Waals surface area contributed by atoms with Gasteiger partial charge in [0, 0.05) is 5.69 Å². The molecule has 0 atom stereocenters. The number of unbranched alkanes of at least 4 members (excludes halogenated alkanes) is 5. The fourth-order valence-electron chi connectivity index (χ4n) is 1.51. The predicted octanol–water partition coefficient (Wildman–Crippen LogP) is 3.28. The van der Waals surface area contributed by atoms with Crippen molar-refractivity contribution in [3.8, 4) is 0 Å². The van der Waals surface area contributed by atoms with E-state index in [-0.39, 0.29) is 4.90 Å². The molecule has 0 fully saturated rings. The van der Waals surface area contributed by atoms with E-state index < -0.39 is 10.0 Å². The number of hydrogen-bond acceptors (Lipinski definition) is 3. The lowest BCUT2D eigenvalue weighted by Gasteiger charge is -1.96. The fourth-order valence-corrected chi connectivity index (χ4v) is 2.03. The SMILES string of the molecule is CCCCCCCC.Nc1ccc(S(N)(=O)=O)cc1. The van der Waals surface area contributed by atoms with Crippen LogP contribution in [0.25, 0.3) is 0 Å².